The standard InChI is InChI=1S/C9H18O3/c1-5-12-9(11-4)6-8(10)7(2)3/h7,9H,5-6H2,1-4H3. The zero-order valence-electron chi connectivity index (χ0n) is 8.29. The molecule has 12 heavy (non-hydrogen) atoms. The smallest absolute Gasteiger partial charge is 0.164 e. The van der Waals surface area contributed by atoms with Gasteiger partial charge >= 0.3 is 0 Å². The predicted molar refractivity (Wildman–Crippen MR) is 46.9 cm³/mol. The van der Waals surface area contributed by atoms with E-state index in [0.717, 1.165) is 0 Å². The molecule has 0 saturated heterocycles. The molecule has 0 spiro atoms. The Morgan fingerprint density at radius 2 is 2.00 bits per heavy atom. The molecule has 1 unspecified atom stereocenters. The fourth-order valence-electron chi connectivity index (χ4n) is 0.796. The van der Waals surface area contributed by atoms with E-state index in [1.54, 1.807) is 7.11 Å². The van der Waals surface area contributed by atoms with Crippen LogP contribution in [-0.4, -0.2) is 25.8 Å². The monoisotopic (exact) mass is 174 g/mol. The number of methoxy groups -OCH3 is 1. The summed E-state index contributed by atoms with van der Waals surface area (Å²) in [7, 11) is 1.55. The van der Waals surface area contributed by atoms with Crippen molar-refractivity contribution in [3.05, 3.63) is 0 Å². The van der Waals surface area contributed by atoms with Crippen LogP contribution < -0.4 is 0 Å². The van der Waals surface area contributed by atoms with Gasteiger partial charge in [-0.25, -0.2) is 0 Å². The first-order valence-corrected chi connectivity index (χ1v) is 4.28. The highest BCUT2D eigenvalue weighted by Crippen LogP contribution is 2.06. The van der Waals surface area contributed by atoms with Gasteiger partial charge in [0.2, 0.25) is 0 Å². The van der Waals surface area contributed by atoms with Gasteiger partial charge < -0.3 is 9.47 Å². The van der Waals surface area contributed by atoms with Crippen molar-refractivity contribution in [1.29, 1.82) is 0 Å². The number of ketones is 1. The van der Waals surface area contributed by atoms with E-state index in [2.05, 4.69) is 0 Å². The summed E-state index contributed by atoms with van der Waals surface area (Å²) in [6, 6.07) is 0. The normalized spacial score (nSPS) is 13.4. The highest BCUT2D eigenvalue weighted by molar-refractivity contribution is 5.80. The van der Waals surface area contributed by atoms with Gasteiger partial charge in [-0.3, -0.25) is 4.79 Å². The van der Waals surface area contributed by atoms with Crippen LogP contribution in [-0.2, 0) is 14.3 Å². The average molecular weight is 174 g/mol. The van der Waals surface area contributed by atoms with Gasteiger partial charge in [-0.05, 0) is 6.92 Å². The van der Waals surface area contributed by atoms with E-state index in [4.69, 9.17) is 9.47 Å². The van der Waals surface area contributed by atoms with Crippen molar-refractivity contribution >= 4 is 5.78 Å². The molecule has 0 aliphatic rings. The highest BCUT2D eigenvalue weighted by Gasteiger charge is 2.15. The van der Waals surface area contributed by atoms with Gasteiger partial charge in [0.25, 0.3) is 0 Å². The van der Waals surface area contributed by atoms with Crippen LogP contribution in [0.4, 0.5) is 0 Å². The lowest BCUT2D eigenvalue weighted by molar-refractivity contribution is -0.145. The maximum Gasteiger partial charge on any atom is 0.164 e. The number of ether oxygens (including phenoxy) is 2. The summed E-state index contributed by atoms with van der Waals surface area (Å²) in [4.78, 5) is 11.2. The van der Waals surface area contributed by atoms with E-state index in [-0.39, 0.29) is 18.0 Å². The summed E-state index contributed by atoms with van der Waals surface area (Å²) < 4.78 is 10.1. The van der Waals surface area contributed by atoms with E-state index in [1.165, 1.54) is 0 Å². The number of carbonyl (C=O) groups is 1. The van der Waals surface area contributed by atoms with Crippen LogP contribution in [0.2, 0.25) is 0 Å². The van der Waals surface area contributed by atoms with Gasteiger partial charge in [-0.15, -0.1) is 0 Å². The van der Waals surface area contributed by atoms with Gasteiger partial charge in [0, 0.05) is 19.6 Å². The van der Waals surface area contributed by atoms with E-state index < -0.39 is 0 Å². The topological polar surface area (TPSA) is 35.5 Å². The molecule has 0 aromatic carbocycles. The summed E-state index contributed by atoms with van der Waals surface area (Å²) in [6.07, 6.45) is -0.0213. The Balaban J connectivity index is 3.77. The number of Topliss-reactive ketones (excluding diaryl/α,β-unsaturated/α-hetero) is 1. The van der Waals surface area contributed by atoms with Crippen molar-refractivity contribution in [1.82, 2.24) is 0 Å². The van der Waals surface area contributed by atoms with Crippen molar-refractivity contribution in [3.8, 4) is 0 Å². The van der Waals surface area contributed by atoms with Crippen molar-refractivity contribution in [2.75, 3.05) is 13.7 Å². The molecular weight excluding hydrogens is 156 g/mol. The Morgan fingerprint density at radius 3 is 2.33 bits per heavy atom. The van der Waals surface area contributed by atoms with Crippen LogP contribution in [0, 0.1) is 5.92 Å². The van der Waals surface area contributed by atoms with E-state index >= 15 is 0 Å². The summed E-state index contributed by atoms with van der Waals surface area (Å²) >= 11 is 0. The number of hydrogen-bond donors (Lipinski definition) is 0. The lowest BCUT2D eigenvalue weighted by atomic mass is 10.1. The Morgan fingerprint density at radius 1 is 1.42 bits per heavy atom. The fraction of sp³-hybridized carbons (Fsp3) is 0.889. The molecule has 0 bridgehead atoms. The quantitative estimate of drug-likeness (QED) is 0.574. The second kappa shape index (κ2) is 6.14. The zero-order valence-corrected chi connectivity index (χ0v) is 8.29. The average Bonchev–Trinajstić information content (AvgIpc) is 2.03. The predicted octanol–water partition coefficient (Wildman–Crippen LogP) is 1.61. The Bertz CT molecular complexity index is 132. The van der Waals surface area contributed by atoms with Crippen molar-refractivity contribution in [2.45, 2.75) is 33.5 Å². The molecule has 72 valence electrons. The van der Waals surface area contributed by atoms with Gasteiger partial charge in [0.05, 0.1) is 6.42 Å². The summed E-state index contributed by atoms with van der Waals surface area (Å²) in [5, 5.41) is 0. The molecule has 0 aliphatic carbocycles. The van der Waals surface area contributed by atoms with Gasteiger partial charge in [-0.1, -0.05) is 13.8 Å². The van der Waals surface area contributed by atoms with Crippen LogP contribution >= 0.6 is 0 Å². The lowest BCUT2D eigenvalue weighted by Gasteiger charge is -2.15. The van der Waals surface area contributed by atoms with E-state index in [9.17, 15) is 4.79 Å². The molecule has 1 atom stereocenters. The molecular formula is C9H18O3. The number of hydrogen-bond acceptors (Lipinski definition) is 3. The van der Waals surface area contributed by atoms with Gasteiger partial charge in [-0.2, -0.15) is 0 Å². The zero-order chi connectivity index (χ0) is 9.56. The lowest BCUT2D eigenvalue weighted by Crippen LogP contribution is -2.22. The minimum Gasteiger partial charge on any atom is -0.355 e. The molecule has 0 aliphatic heterocycles. The van der Waals surface area contributed by atoms with Crippen LogP contribution in [0.3, 0.4) is 0 Å². The molecule has 0 aromatic heterocycles. The Hall–Kier alpha value is -0.410. The first kappa shape index (κ1) is 11.6. The Kier molecular flexibility index (Phi) is 5.93. The first-order valence-electron chi connectivity index (χ1n) is 4.28. The second-order valence-electron chi connectivity index (χ2n) is 2.95. The van der Waals surface area contributed by atoms with Crippen molar-refractivity contribution in [3.63, 3.8) is 0 Å². The van der Waals surface area contributed by atoms with Crippen molar-refractivity contribution < 1.29 is 14.3 Å². The molecule has 0 fully saturated rings. The Labute approximate surface area is 74.0 Å². The molecule has 0 heterocycles. The molecule has 0 amide bonds. The minimum atomic E-state index is -0.370. The maximum atomic E-state index is 11.2. The summed E-state index contributed by atoms with van der Waals surface area (Å²) in [5.41, 5.74) is 0. The maximum absolute atomic E-state index is 11.2. The van der Waals surface area contributed by atoms with Crippen LogP contribution in [0.5, 0.6) is 0 Å². The third-order valence-electron chi connectivity index (χ3n) is 1.63. The molecule has 0 aromatic rings. The molecule has 3 heteroatoms. The van der Waals surface area contributed by atoms with Crippen LogP contribution in [0.25, 0.3) is 0 Å². The van der Waals surface area contributed by atoms with E-state index in [1.807, 2.05) is 20.8 Å². The van der Waals surface area contributed by atoms with Gasteiger partial charge in [0.15, 0.2) is 6.29 Å². The molecule has 0 saturated carbocycles. The summed E-state index contributed by atoms with van der Waals surface area (Å²) in [6.45, 7) is 6.21. The number of carbonyl (C=O) groups excluding carboxylic acids is 1. The third-order valence-corrected chi connectivity index (χ3v) is 1.63. The summed E-state index contributed by atoms with van der Waals surface area (Å²) in [5.74, 6) is 0.235. The fourth-order valence-corrected chi connectivity index (χ4v) is 0.796. The van der Waals surface area contributed by atoms with Crippen LogP contribution in [0.1, 0.15) is 27.2 Å². The number of rotatable bonds is 6. The largest absolute Gasteiger partial charge is 0.355 e. The van der Waals surface area contributed by atoms with Crippen molar-refractivity contribution in [2.24, 2.45) is 5.92 Å². The molecule has 0 rings (SSSR count). The molecule has 3 nitrogen and oxygen atoms in total. The molecule has 0 N–H and O–H groups in total. The first-order chi connectivity index (χ1) is 5.61. The van der Waals surface area contributed by atoms with E-state index in [0.29, 0.717) is 13.0 Å². The SMILES string of the molecule is CCOC(CC(=O)C(C)C)OC. The molecule has 0 radical (unpaired) electrons. The van der Waals surface area contributed by atoms with Gasteiger partial charge in [0.1, 0.15) is 5.78 Å². The third kappa shape index (κ3) is 4.46. The highest BCUT2D eigenvalue weighted by atomic mass is 16.7. The second-order valence-corrected chi connectivity index (χ2v) is 2.95. The minimum absolute atomic E-state index is 0.0584. The van der Waals surface area contributed by atoms with Crippen LogP contribution in [0.15, 0.2) is 0 Å².